The molecule has 0 aliphatic heterocycles. The van der Waals surface area contributed by atoms with Crippen molar-refractivity contribution in [2.24, 2.45) is 0 Å². The fourth-order valence-corrected chi connectivity index (χ4v) is 5.11. The van der Waals surface area contributed by atoms with Gasteiger partial charge >= 0.3 is 0 Å². The minimum absolute atomic E-state index is 0.0419. The van der Waals surface area contributed by atoms with Gasteiger partial charge in [0.15, 0.2) is 0 Å². The highest BCUT2D eigenvalue weighted by atomic mass is 32.2. The number of hydrogen-bond donors (Lipinski definition) is 2. The predicted molar refractivity (Wildman–Crippen MR) is 107 cm³/mol. The molecule has 1 aromatic carbocycles. The lowest BCUT2D eigenvalue weighted by Gasteiger charge is -2.13. The fraction of sp³-hybridized carbons (Fsp3) is 0.333. The molecule has 0 unspecified atom stereocenters. The van der Waals surface area contributed by atoms with Crippen LogP contribution in [0.1, 0.15) is 29.9 Å². The Kier molecular flexibility index (Phi) is 5.55. The Hall–Kier alpha value is -2.03. The summed E-state index contributed by atoms with van der Waals surface area (Å²) in [6, 6.07) is 9.49. The average Bonchev–Trinajstić information content (AvgIpc) is 2.93. The summed E-state index contributed by atoms with van der Waals surface area (Å²) in [4.78, 5) is 10.7. The molecule has 0 amide bonds. The first-order valence-electron chi connectivity index (χ1n) is 8.36. The molecule has 0 saturated carbocycles. The number of rotatable bonds is 7. The zero-order valence-electron chi connectivity index (χ0n) is 15.0. The quantitative estimate of drug-likeness (QED) is 0.646. The first-order valence-corrected chi connectivity index (χ1v) is 10.8. The number of hydrogen-bond acceptors (Lipinski definition) is 6. The van der Waals surface area contributed by atoms with Crippen LogP contribution < -0.4 is 10.0 Å². The summed E-state index contributed by atoms with van der Waals surface area (Å²) in [5.74, 6) is 0.720. The maximum atomic E-state index is 12.3. The number of sulfonamides is 1. The number of thiophene rings is 1. The number of aryl methyl sites for hydroxylation is 1. The van der Waals surface area contributed by atoms with Crippen molar-refractivity contribution in [2.45, 2.75) is 39.1 Å². The van der Waals surface area contributed by atoms with Gasteiger partial charge in [-0.05, 0) is 38.0 Å². The fourth-order valence-electron chi connectivity index (χ4n) is 2.77. The molecule has 8 heteroatoms. The standard InChI is InChI=1S/C18H22N4O2S2/c1-12(2)22-26(23,24)10-15-7-5-4-6-14(15)9-19-17-16-8-13(3)25-18(16)21-11-20-17/h4-8,11-12,22H,9-10H2,1-3H3,(H,19,20,21). The molecular formula is C18H22N4O2S2. The van der Waals surface area contributed by atoms with E-state index >= 15 is 0 Å². The molecule has 2 heterocycles. The van der Waals surface area contributed by atoms with E-state index in [1.165, 1.54) is 4.88 Å². The van der Waals surface area contributed by atoms with E-state index in [4.69, 9.17) is 0 Å². The Balaban J connectivity index is 1.80. The minimum atomic E-state index is -3.37. The molecule has 0 spiro atoms. The van der Waals surface area contributed by atoms with Crippen LogP contribution in [0.15, 0.2) is 36.7 Å². The van der Waals surface area contributed by atoms with Crippen molar-refractivity contribution in [1.29, 1.82) is 0 Å². The van der Waals surface area contributed by atoms with E-state index in [1.54, 1.807) is 17.7 Å². The summed E-state index contributed by atoms with van der Waals surface area (Å²) < 4.78 is 27.2. The van der Waals surface area contributed by atoms with E-state index < -0.39 is 10.0 Å². The van der Waals surface area contributed by atoms with Gasteiger partial charge < -0.3 is 5.32 Å². The average molecular weight is 391 g/mol. The van der Waals surface area contributed by atoms with Crippen molar-refractivity contribution in [1.82, 2.24) is 14.7 Å². The van der Waals surface area contributed by atoms with Gasteiger partial charge in [-0.3, -0.25) is 0 Å². The second-order valence-electron chi connectivity index (χ2n) is 6.45. The number of benzene rings is 1. The maximum absolute atomic E-state index is 12.3. The number of aromatic nitrogens is 2. The van der Waals surface area contributed by atoms with Gasteiger partial charge in [-0.1, -0.05) is 24.3 Å². The topological polar surface area (TPSA) is 84.0 Å². The van der Waals surface area contributed by atoms with Crippen molar-refractivity contribution in [3.8, 4) is 0 Å². The maximum Gasteiger partial charge on any atom is 0.216 e. The van der Waals surface area contributed by atoms with E-state index in [0.29, 0.717) is 6.54 Å². The van der Waals surface area contributed by atoms with Gasteiger partial charge in [0.05, 0.1) is 11.1 Å². The molecule has 0 aliphatic rings. The molecule has 2 N–H and O–H groups in total. The number of fused-ring (bicyclic) bond motifs is 1. The van der Waals surface area contributed by atoms with Crippen LogP contribution in [-0.2, 0) is 22.3 Å². The third kappa shape index (κ3) is 4.57. The smallest absolute Gasteiger partial charge is 0.216 e. The number of anilines is 1. The molecule has 0 saturated heterocycles. The van der Waals surface area contributed by atoms with Gasteiger partial charge in [0.25, 0.3) is 0 Å². The Bertz CT molecular complexity index is 1010. The van der Waals surface area contributed by atoms with Crippen LogP contribution in [0.2, 0.25) is 0 Å². The summed E-state index contributed by atoms with van der Waals surface area (Å²) >= 11 is 1.63. The molecule has 0 bridgehead atoms. The highest BCUT2D eigenvalue weighted by molar-refractivity contribution is 7.88. The summed E-state index contributed by atoms with van der Waals surface area (Å²) in [5.41, 5.74) is 1.71. The second-order valence-corrected chi connectivity index (χ2v) is 9.44. The zero-order chi connectivity index (χ0) is 18.7. The SMILES string of the molecule is Cc1cc2c(NCc3ccccc3CS(=O)(=O)NC(C)C)ncnc2s1. The largest absolute Gasteiger partial charge is 0.365 e. The van der Waals surface area contributed by atoms with Crippen molar-refractivity contribution in [3.05, 3.63) is 52.7 Å². The summed E-state index contributed by atoms with van der Waals surface area (Å²) in [5, 5.41) is 4.31. The van der Waals surface area contributed by atoms with E-state index in [0.717, 1.165) is 27.2 Å². The van der Waals surface area contributed by atoms with Crippen LogP contribution in [0.3, 0.4) is 0 Å². The molecule has 26 heavy (non-hydrogen) atoms. The van der Waals surface area contributed by atoms with Crippen molar-refractivity contribution >= 4 is 37.4 Å². The monoisotopic (exact) mass is 390 g/mol. The molecule has 0 atom stereocenters. The highest BCUT2D eigenvalue weighted by Crippen LogP contribution is 2.27. The molecule has 3 rings (SSSR count). The van der Waals surface area contributed by atoms with Crippen LogP contribution >= 0.6 is 11.3 Å². The molecule has 0 radical (unpaired) electrons. The van der Waals surface area contributed by atoms with Crippen LogP contribution in [-0.4, -0.2) is 24.4 Å². The zero-order valence-corrected chi connectivity index (χ0v) is 16.6. The predicted octanol–water partition coefficient (Wildman–Crippen LogP) is 3.44. The highest BCUT2D eigenvalue weighted by Gasteiger charge is 2.15. The first-order chi connectivity index (χ1) is 12.3. The molecular weight excluding hydrogens is 368 g/mol. The van der Waals surface area contributed by atoms with Gasteiger partial charge in [0.2, 0.25) is 10.0 Å². The Labute approximate surface area is 157 Å². The second kappa shape index (κ2) is 7.69. The number of nitrogens with one attached hydrogen (secondary N) is 2. The van der Waals surface area contributed by atoms with Crippen molar-refractivity contribution in [2.75, 3.05) is 5.32 Å². The van der Waals surface area contributed by atoms with Gasteiger partial charge in [-0.2, -0.15) is 0 Å². The summed E-state index contributed by atoms with van der Waals surface area (Å²) in [7, 11) is -3.37. The lowest BCUT2D eigenvalue weighted by Crippen LogP contribution is -2.31. The van der Waals surface area contributed by atoms with Crippen LogP contribution in [0.4, 0.5) is 5.82 Å². The van der Waals surface area contributed by atoms with E-state index in [1.807, 2.05) is 45.0 Å². The first kappa shape index (κ1) is 18.8. The molecule has 2 aromatic heterocycles. The molecule has 3 aromatic rings. The van der Waals surface area contributed by atoms with Crippen LogP contribution in [0.25, 0.3) is 10.2 Å². The Morgan fingerprint density at radius 1 is 1.15 bits per heavy atom. The summed E-state index contributed by atoms with van der Waals surface area (Å²) in [6.07, 6.45) is 1.55. The van der Waals surface area contributed by atoms with Crippen molar-refractivity contribution < 1.29 is 8.42 Å². The Morgan fingerprint density at radius 2 is 1.88 bits per heavy atom. The molecule has 0 fully saturated rings. The number of nitrogens with zero attached hydrogens (tertiary/aromatic N) is 2. The van der Waals surface area contributed by atoms with Gasteiger partial charge in [-0.15, -0.1) is 11.3 Å². The lowest BCUT2D eigenvalue weighted by atomic mass is 10.1. The van der Waals surface area contributed by atoms with Crippen molar-refractivity contribution in [3.63, 3.8) is 0 Å². The summed E-state index contributed by atoms with van der Waals surface area (Å²) in [6.45, 7) is 6.16. The van der Waals surface area contributed by atoms with Gasteiger partial charge in [0.1, 0.15) is 17.0 Å². The van der Waals surface area contributed by atoms with Gasteiger partial charge in [-0.25, -0.2) is 23.1 Å². The van der Waals surface area contributed by atoms with Crippen LogP contribution in [0.5, 0.6) is 0 Å². The molecule has 6 nitrogen and oxygen atoms in total. The minimum Gasteiger partial charge on any atom is -0.365 e. The molecule has 0 aliphatic carbocycles. The lowest BCUT2D eigenvalue weighted by molar-refractivity contribution is 0.569. The Morgan fingerprint density at radius 3 is 2.62 bits per heavy atom. The third-order valence-corrected chi connectivity index (χ3v) is 6.26. The van der Waals surface area contributed by atoms with Gasteiger partial charge in [0, 0.05) is 17.5 Å². The normalized spacial score (nSPS) is 12.0. The van der Waals surface area contributed by atoms with E-state index in [2.05, 4.69) is 26.1 Å². The van der Waals surface area contributed by atoms with Crippen LogP contribution in [0, 0.1) is 6.92 Å². The van der Waals surface area contributed by atoms with E-state index in [-0.39, 0.29) is 11.8 Å². The third-order valence-electron chi connectivity index (χ3n) is 3.78. The van der Waals surface area contributed by atoms with E-state index in [9.17, 15) is 8.42 Å². The molecule has 138 valence electrons.